The molecular weight excluding hydrogens is 268 g/mol. The Balaban J connectivity index is 2.63. The Kier molecular flexibility index (Phi) is 8.04. The third-order valence-corrected chi connectivity index (χ3v) is 4.45. The molecule has 5 heteroatoms. The van der Waals surface area contributed by atoms with Gasteiger partial charge in [0.15, 0.2) is 0 Å². The standard InChI is InChI=1S/C16H32N2O3/c1-5-12(4)18-10-13(9-15(19)6-2)8-14(11-18)17-16(20)21-7-3/h12-15,19H,5-11H2,1-4H3,(H,17,20). The first kappa shape index (κ1) is 18.2. The first-order chi connectivity index (χ1) is 9.99. The van der Waals surface area contributed by atoms with Gasteiger partial charge in [-0.2, -0.15) is 0 Å². The summed E-state index contributed by atoms with van der Waals surface area (Å²) < 4.78 is 4.99. The Bertz CT molecular complexity index is 312. The Morgan fingerprint density at radius 3 is 2.62 bits per heavy atom. The van der Waals surface area contributed by atoms with Gasteiger partial charge in [-0.25, -0.2) is 4.79 Å². The first-order valence-corrected chi connectivity index (χ1v) is 8.35. The van der Waals surface area contributed by atoms with E-state index in [9.17, 15) is 9.90 Å². The maximum atomic E-state index is 11.6. The molecule has 1 aliphatic heterocycles. The van der Waals surface area contributed by atoms with E-state index in [0.29, 0.717) is 18.6 Å². The number of nitrogens with one attached hydrogen (secondary N) is 1. The number of ether oxygens (including phenoxy) is 1. The van der Waals surface area contributed by atoms with E-state index in [1.54, 1.807) is 0 Å². The van der Waals surface area contributed by atoms with Crippen LogP contribution in [0.3, 0.4) is 0 Å². The molecule has 4 unspecified atom stereocenters. The number of alkyl carbamates (subject to hydrolysis) is 1. The van der Waals surface area contributed by atoms with E-state index in [2.05, 4.69) is 24.1 Å². The second-order valence-electron chi connectivity index (χ2n) is 6.17. The normalized spacial score (nSPS) is 26.1. The fraction of sp³-hybridized carbons (Fsp3) is 0.938. The third kappa shape index (κ3) is 6.22. The minimum absolute atomic E-state index is 0.112. The van der Waals surface area contributed by atoms with Gasteiger partial charge in [-0.05, 0) is 45.4 Å². The number of hydrogen-bond donors (Lipinski definition) is 2. The molecule has 1 amide bonds. The Morgan fingerprint density at radius 2 is 2.05 bits per heavy atom. The molecule has 0 aromatic carbocycles. The van der Waals surface area contributed by atoms with Gasteiger partial charge >= 0.3 is 6.09 Å². The van der Waals surface area contributed by atoms with Crippen LogP contribution < -0.4 is 5.32 Å². The van der Waals surface area contributed by atoms with Gasteiger partial charge in [0.25, 0.3) is 0 Å². The second-order valence-corrected chi connectivity index (χ2v) is 6.17. The van der Waals surface area contributed by atoms with Crippen molar-refractivity contribution in [3.8, 4) is 0 Å². The summed E-state index contributed by atoms with van der Waals surface area (Å²) >= 11 is 0. The summed E-state index contributed by atoms with van der Waals surface area (Å²) in [5.74, 6) is 0.426. The second kappa shape index (κ2) is 9.26. The van der Waals surface area contributed by atoms with Crippen molar-refractivity contribution < 1.29 is 14.6 Å². The number of rotatable bonds is 7. The van der Waals surface area contributed by atoms with Crippen LogP contribution in [-0.2, 0) is 4.74 Å². The van der Waals surface area contributed by atoms with Gasteiger partial charge < -0.3 is 15.2 Å². The zero-order valence-corrected chi connectivity index (χ0v) is 14.0. The SMILES string of the molecule is CCOC(=O)NC1CC(CC(O)CC)CN(C(C)CC)C1. The largest absolute Gasteiger partial charge is 0.450 e. The Labute approximate surface area is 129 Å². The van der Waals surface area contributed by atoms with Crippen LogP contribution in [-0.4, -0.2) is 54.0 Å². The van der Waals surface area contributed by atoms with Crippen LogP contribution >= 0.6 is 0 Å². The smallest absolute Gasteiger partial charge is 0.407 e. The third-order valence-electron chi connectivity index (χ3n) is 4.45. The highest BCUT2D eigenvalue weighted by Gasteiger charge is 2.31. The highest BCUT2D eigenvalue weighted by molar-refractivity contribution is 5.67. The van der Waals surface area contributed by atoms with Crippen molar-refractivity contribution in [2.75, 3.05) is 19.7 Å². The molecule has 4 atom stereocenters. The number of aliphatic hydroxyl groups excluding tert-OH is 1. The maximum absolute atomic E-state index is 11.6. The number of likely N-dealkylation sites (tertiary alicyclic amines) is 1. The fourth-order valence-corrected chi connectivity index (χ4v) is 3.02. The molecule has 124 valence electrons. The molecule has 0 aromatic rings. The van der Waals surface area contributed by atoms with Crippen LogP contribution in [0.5, 0.6) is 0 Å². The number of nitrogens with zero attached hydrogens (tertiary/aromatic N) is 1. The van der Waals surface area contributed by atoms with Gasteiger partial charge in [0.2, 0.25) is 0 Å². The maximum Gasteiger partial charge on any atom is 0.407 e. The zero-order valence-electron chi connectivity index (χ0n) is 14.0. The average molecular weight is 300 g/mol. The van der Waals surface area contributed by atoms with Crippen molar-refractivity contribution in [2.45, 2.75) is 71.6 Å². The van der Waals surface area contributed by atoms with Crippen LogP contribution in [0.15, 0.2) is 0 Å². The minimum atomic E-state index is -0.330. The predicted octanol–water partition coefficient (Wildman–Crippen LogP) is 2.38. The molecule has 0 spiro atoms. The van der Waals surface area contributed by atoms with E-state index in [0.717, 1.165) is 38.8 Å². The molecule has 2 N–H and O–H groups in total. The fourth-order valence-electron chi connectivity index (χ4n) is 3.02. The first-order valence-electron chi connectivity index (χ1n) is 8.35. The van der Waals surface area contributed by atoms with Gasteiger partial charge in [0.05, 0.1) is 12.7 Å². The van der Waals surface area contributed by atoms with Gasteiger partial charge in [-0.3, -0.25) is 4.90 Å². The van der Waals surface area contributed by atoms with Crippen LogP contribution in [0, 0.1) is 5.92 Å². The lowest BCUT2D eigenvalue weighted by Gasteiger charge is -2.41. The summed E-state index contributed by atoms with van der Waals surface area (Å²) in [5, 5.41) is 12.9. The van der Waals surface area contributed by atoms with Crippen LogP contribution in [0.1, 0.15) is 53.4 Å². The Morgan fingerprint density at radius 1 is 1.33 bits per heavy atom. The number of carbonyl (C=O) groups excluding carboxylic acids is 1. The number of amides is 1. The molecule has 1 heterocycles. The molecule has 21 heavy (non-hydrogen) atoms. The quantitative estimate of drug-likeness (QED) is 0.758. The molecule has 0 aliphatic carbocycles. The monoisotopic (exact) mass is 300 g/mol. The van der Waals surface area contributed by atoms with E-state index in [1.165, 1.54) is 0 Å². The number of hydrogen-bond acceptors (Lipinski definition) is 4. The topological polar surface area (TPSA) is 61.8 Å². The van der Waals surface area contributed by atoms with E-state index in [1.807, 2.05) is 13.8 Å². The zero-order chi connectivity index (χ0) is 15.8. The molecule has 5 nitrogen and oxygen atoms in total. The molecular formula is C16H32N2O3. The lowest BCUT2D eigenvalue weighted by Crippen LogP contribution is -2.53. The molecule has 0 radical (unpaired) electrons. The molecule has 1 aliphatic rings. The summed E-state index contributed by atoms with van der Waals surface area (Å²) in [4.78, 5) is 14.1. The van der Waals surface area contributed by atoms with Crippen molar-refractivity contribution in [3.05, 3.63) is 0 Å². The van der Waals surface area contributed by atoms with E-state index < -0.39 is 0 Å². The van der Waals surface area contributed by atoms with Gasteiger partial charge in [0, 0.05) is 25.2 Å². The highest BCUT2D eigenvalue weighted by Crippen LogP contribution is 2.24. The van der Waals surface area contributed by atoms with Crippen LogP contribution in [0.2, 0.25) is 0 Å². The Hall–Kier alpha value is -0.810. The van der Waals surface area contributed by atoms with E-state index in [-0.39, 0.29) is 18.2 Å². The van der Waals surface area contributed by atoms with Crippen molar-refractivity contribution in [3.63, 3.8) is 0 Å². The number of piperidine rings is 1. The summed E-state index contributed by atoms with van der Waals surface area (Å²) in [6.45, 7) is 10.5. The van der Waals surface area contributed by atoms with Crippen molar-refractivity contribution >= 4 is 6.09 Å². The van der Waals surface area contributed by atoms with Gasteiger partial charge in [-0.1, -0.05) is 13.8 Å². The summed E-state index contributed by atoms with van der Waals surface area (Å²) in [6, 6.07) is 0.610. The van der Waals surface area contributed by atoms with Crippen molar-refractivity contribution in [1.29, 1.82) is 0 Å². The average Bonchev–Trinajstić information content (AvgIpc) is 2.46. The lowest BCUT2D eigenvalue weighted by molar-refractivity contribution is 0.0620. The van der Waals surface area contributed by atoms with E-state index >= 15 is 0 Å². The highest BCUT2D eigenvalue weighted by atomic mass is 16.5. The van der Waals surface area contributed by atoms with Crippen molar-refractivity contribution in [1.82, 2.24) is 10.2 Å². The van der Waals surface area contributed by atoms with Crippen LogP contribution in [0.25, 0.3) is 0 Å². The lowest BCUT2D eigenvalue weighted by atomic mass is 9.88. The summed E-state index contributed by atoms with van der Waals surface area (Å²) in [6.07, 6.45) is 3.04. The van der Waals surface area contributed by atoms with E-state index in [4.69, 9.17) is 4.74 Å². The molecule has 1 rings (SSSR count). The summed E-state index contributed by atoms with van der Waals surface area (Å²) in [5.41, 5.74) is 0. The predicted molar refractivity (Wildman–Crippen MR) is 84.3 cm³/mol. The van der Waals surface area contributed by atoms with Crippen molar-refractivity contribution in [2.24, 2.45) is 5.92 Å². The number of carbonyl (C=O) groups is 1. The molecule has 0 bridgehead atoms. The minimum Gasteiger partial charge on any atom is -0.450 e. The van der Waals surface area contributed by atoms with Crippen LogP contribution in [0.4, 0.5) is 4.79 Å². The molecule has 0 aromatic heterocycles. The molecule has 1 saturated heterocycles. The molecule has 0 saturated carbocycles. The number of aliphatic hydroxyl groups is 1. The van der Waals surface area contributed by atoms with Gasteiger partial charge in [0.1, 0.15) is 0 Å². The summed E-state index contributed by atoms with van der Waals surface area (Å²) in [7, 11) is 0. The van der Waals surface area contributed by atoms with Gasteiger partial charge in [-0.15, -0.1) is 0 Å². The molecule has 1 fully saturated rings.